The highest BCUT2D eigenvalue weighted by atomic mass is 28.4. The quantitative estimate of drug-likeness (QED) is 0.294. The summed E-state index contributed by atoms with van der Waals surface area (Å²) in [5, 5.41) is 0. The van der Waals surface area contributed by atoms with E-state index in [1.54, 1.807) is 0 Å². The predicted molar refractivity (Wildman–Crippen MR) is 77.1 cm³/mol. The van der Waals surface area contributed by atoms with E-state index in [1.807, 2.05) is 0 Å². The van der Waals surface area contributed by atoms with Crippen LogP contribution >= 0.6 is 0 Å². The Hall–Kier alpha value is -0.396. The number of rotatable bonds is 8. The molecule has 0 saturated carbocycles. The highest BCUT2D eigenvalue weighted by Crippen LogP contribution is 2.22. The molecule has 0 fully saturated rings. The van der Waals surface area contributed by atoms with Gasteiger partial charge in [-0.1, -0.05) is 13.5 Å². The fourth-order valence-electron chi connectivity index (χ4n) is 1.60. The first-order valence-electron chi connectivity index (χ1n) is 6.22. The fraction of sp³-hybridized carbons (Fsp3) is 0.750. The molecule has 0 rings (SSSR count). The van der Waals surface area contributed by atoms with Gasteiger partial charge in [0.25, 0.3) is 0 Å². The van der Waals surface area contributed by atoms with Crippen LogP contribution in [-0.4, -0.2) is 29.2 Å². The van der Waals surface area contributed by atoms with Crippen molar-refractivity contribution in [2.75, 3.05) is 6.61 Å². The molecule has 0 aromatic carbocycles. The van der Waals surface area contributed by atoms with E-state index in [9.17, 15) is 4.79 Å². The van der Waals surface area contributed by atoms with Gasteiger partial charge in [0.2, 0.25) is 0 Å². The van der Waals surface area contributed by atoms with Crippen molar-refractivity contribution in [1.29, 1.82) is 0 Å². The van der Waals surface area contributed by atoms with Crippen molar-refractivity contribution < 1.29 is 13.6 Å². The molecule has 0 radical (unpaired) electrons. The summed E-state index contributed by atoms with van der Waals surface area (Å²) in [5.74, 6) is -0.339. The minimum Gasteiger partial charge on any atom is -0.463 e. The second kappa shape index (κ2) is 7.13. The van der Waals surface area contributed by atoms with E-state index in [0.29, 0.717) is 6.61 Å². The van der Waals surface area contributed by atoms with E-state index in [0.717, 1.165) is 18.5 Å². The van der Waals surface area contributed by atoms with E-state index < -0.39 is 16.6 Å². The lowest BCUT2D eigenvalue weighted by Gasteiger charge is -2.33. The maximum absolute atomic E-state index is 10.9. The molecule has 3 nitrogen and oxygen atoms in total. The third-order valence-electron chi connectivity index (χ3n) is 2.74. The van der Waals surface area contributed by atoms with Crippen LogP contribution in [-0.2, 0) is 13.6 Å². The van der Waals surface area contributed by atoms with Gasteiger partial charge in [0.15, 0.2) is 16.6 Å². The van der Waals surface area contributed by atoms with Crippen molar-refractivity contribution in [3.63, 3.8) is 0 Å². The molecule has 0 aromatic heterocycles. The van der Waals surface area contributed by atoms with Gasteiger partial charge >= 0.3 is 5.97 Å². The first kappa shape index (κ1) is 16.6. The summed E-state index contributed by atoms with van der Waals surface area (Å²) in [6.07, 6.45) is 2.08. The van der Waals surface area contributed by atoms with E-state index in [2.05, 4.69) is 39.7 Å². The Kier molecular flexibility index (Phi) is 6.96. The van der Waals surface area contributed by atoms with Crippen molar-refractivity contribution in [2.24, 2.45) is 0 Å². The van der Waals surface area contributed by atoms with Crippen molar-refractivity contribution in [2.45, 2.75) is 51.6 Å². The number of hydrogen-bond acceptors (Lipinski definition) is 3. The molecule has 17 heavy (non-hydrogen) atoms. The molecule has 0 unspecified atom stereocenters. The molecular formula is C12H26O3Si2. The van der Waals surface area contributed by atoms with Gasteiger partial charge in [0.05, 0.1) is 6.61 Å². The van der Waals surface area contributed by atoms with Crippen LogP contribution in [0.2, 0.25) is 38.3 Å². The summed E-state index contributed by atoms with van der Waals surface area (Å²) in [6, 6.07) is 2.18. The van der Waals surface area contributed by atoms with Crippen molar-refractivity contribution in [1.82, 2.24) is 0 Å². The molecule has 0 bridgehead atoms. The van der Waals surface area contributed by atoms with Crippen molar-refractivity contribution in [3.05, 3.63) is 12.7 Å². The molecule has 0 atom stereocenters. The van der Waals surface area contributed by atoms with Crippen LogP contribution in [0.1, 0.15) is 13.3 Å². The first-order chi connectivity index (χ1) is 7.72. The van der Waals surface area contributed by atoms with Gasteiger partial charge in [-0.05, 0) is 44.7 Å². The Morgan fingerprint density at radius 1 is 1.24 bits per heavy atom. The molecule has 0 aliphatic heterocycles. The van der Waals surface area contributed by atoms with E-state index in [4.69, 9.17) is 8.85 Å². The Balaban J connectivity index is 3.93. The number of esters is 1. The number of carbonyl (C=O) groups excluding carboxylic acids is 1. The van der Waals surface area contributed by atoms with Crippen LogP contribution < -0.4 is 0 Å². The SMILES string of the molecule is C=CC(=O)OCCC[Si](C)(C)O[Si](C)(C)CC. The van der Waals surface area contributed by atoms with Gasteiger partial charge in [0, 0.05) is 6.08 Å². The molecule has 0 aliphatic rings. The Labute approximate surface area is 107 Å². The van der Waals surface area contributed by atoms with Crippen molar-refractivity contribution >= 4 is 22.6 Å². The van der Waals surface area contributed by atoms with Crippen LogP contribution in [0, 0.1) is 0 Å². The predicted octanol–water partition coefficient (Wildman–Crippen LogP) is 3.55. The van der Waals surface area contributed by atoms with E-state index in [1.165, 1.54) is 6.08 Å². The maximum atomic E-state index is 10.9. The zero-order valence-corrected chi connectivity index (χ0v) is 13.8. The van der Waals surface area contributed by atoms with Crippen LogP contribution in [0.5, 0.6) is 0 Å². The normalized spacial score (nSPS) is 12.3. The van der Waals surface area contributed by atoms with Crippen LogP contribution in [0.15, 0.2) is 12.7 Å². The molecule has 0 spiro atoms. The lowest BCUT2D eigenvalue weighted by molar-refractivity contribution is -0.137. The number of ether oxygens (including phenoxy) is 1. The standard InChI is InChI=1S/C12H26O3Si2/c1-7-12(13)14-10-9-11-17(5,6)15-16(3,4)8-2/h7H,1,8-11H2,2-6H3. The summed E-state index contributed by atoms with van der Waals surface area (Å²) in [7, 11) is -3.06. The molecular weight excluding hydrogens is 248 g/mol. The lowest BCUT2D eigenvalue weighted by Crippen LogP contribution is -2.43. The smallest absolute Gasteiger partial charge is 0.330 e. The summed E-state index contributed by atoms with van der Waals surface area (Å²) >= 11 is 0. The average molecular weight is 275 g/mol. The van der Waals surface area contributed by atoms with Gasteiger partial charge in [-0.3, -0.25) is 0 Å². The zero-order chi connectivity index (χ0) is 13.5. The molecule has 0 saturated heterocycles. The molecule has 0 N–H and O–H groups in total. The minimum absolute atomic E-state index is 0.339. The molecule has 5 heteroatoms. The number of hydrogen-bond donors (Lipinski definition) is 0. The Morgan fingerprint density at radius 2 is 1.82 bits per heavy atom. The highest BCUT2D eigenvalue weighted by Gasteiger charge is 2.31. The Morgan fingerprint density at radius 3 is 2.29 bits per heavy atom. The largest absolute Gasteiger partial charge is 0.463 e. The fourth-order valence-corrected chi connectivity index (χ4v) is 9.57. The van der Waals surface area contributed by atoms with E-state index in [-0.39, 0.29) is 5.97 Å². The van der Waals surface area contributed by atoms with Gasteiger partial charge in [0.1, 0.15) is 0 Å². The topological polar surface area (TPSA) is 35.5 Å². The van der Waals surface area contributed by atoms with Gasteiger partial charge < -0.3 is 8.85 Å². The van der Waals surface area contributed by atoms with Crippen LogP contribution in [0.3, 0.4) is 0 Å². The van der Waals surface area contributed by atoms with Gasteiger partial charge in [-0.15, -0.1) is 0 Å². The molecule has 0 aliphatic carbocycles. The third kappa shape index (κ3) is 8.34. The second-order valence-electron chi connectivity index (χ2n) is 5.45. The van der Waals surface area contributed by atoms with Gasteiger partial charge in [-0.25, -0.2) is 4.79 Å². The highest BCUT2D eigenvalue weighted by molar-refractivity contribution is 6.84. The summed E-state index contributed by atoms with van der Waals surface area (Å²) in [4.78, 5) is 10.9. The second-order valence-corrected chi connectivity index (χ2v) is 14.5. The summed E-state index contributed by atoms with van der Waals surface area (Å²) in [5.41, 5.74) is 0. The van der Waals surface area contributed by atoms with Gasteiger partial charge in [-0.2, -0.15) is 0 Å². The Bertz CT molecular complexity index is 262. The van der Waals surface area contributed by atoms with Crippen molar-refractivity contribution in [3.8, 4) is 0 Å². The van der Waals surface area contributed by atoms with Crippen LogP contribution in [0.25, 0.3) is 0 Å². The van der Waals surface area contributed by atoms with E-state index >= 15 is 0 Å². The summed E-state index contributed by atoms with van der Waals surface area (Å²) in [6.45, 7) is 15.0. The first-order valence-corrected chi connectivity index (χ1v) is 12.4. The molecule has 100 valence electrons. The number of carbonyl (C=O) groups is 1. The van der Waals surface area contributed by atoms with Crippen LogP contribution in [0.4, 0.5) is 0 Å². The summed E-state index contributed by atoms with van der Waals surface area (Å²) < 4.78 is 11.3. The zero-order valence-electron chi connectivity index (χ0n) is 11.8. The lowest BCUT2D eigenvalue weighted by atomic mass is 10.5. The average Bonchev–Trinajstić information content (AvgIpc) is 2.22. The monoisotopic (exact) mass is 274 g/mol. The molecule has 0 heterocycles. The third-order valence-corrected chi connectivity index (χ3v) is 10.4. The molecule has 0 amide bonds. The minimum atomic E-state index is -1.60. The molecule has 0 aromatic rings. The maximum Gasteiger partial charge on any atom is 0.330 e.